The highest BCUT2D eigenvalue weighted by atomic mass is 32.2. The van der Waals surface area contributed by atoms with E-state index in [9.17, 15) is 29.6 Å². The molecule has 2 amide bonds. The zero-order valence-electron chi connectivity index (χ0n) is 11.2. The van der Waals surface area contributed by atoms with Crippen molar-refractivity contribution in [3.63, 3.8) is 0 Å². The van der Waals surface area contributed by atoms with Gasteiger partial charge < -0.3 is 9.90 Å². The van der Waals surface area contributed by atoms with E-state index in [1.807, 2.05) is 0 Å². The maximum atomic E-state index is 12.1. The second kappa shape index (κ2) is 5.98. The topological polar surface area (TPSA) is 121 Å². The van der Waals surface area contributed by atoms with Crippen molar-refractivity contribution in [2.24, 2.45) is 0 Å². The molecule has 114 valence electrons. The number of carbonyl (C=O) groups is 3. The number of imide groups is 1. The van der Waals surface area contributed by atoms with Crippen LogP contribution in [0.15, 0.2) is 29.2 Å². The molecule has 1 aromatic carbocycles. The van der Waals surface area contributed by atoms with Crippen molar-refractivity contribution in [1.82, 2.24) is 4.90 Å². The van der Waals surface area contributed by atoms with E-state index in [0.29, 0.717) is 22.2 Å². The van der Waals surface area contributed by atoms with Crippen LogP contribution in [0.3, 0.4) is 0 Å². The Morgan fingerprint density at radius 2 is 2.09 bits per heavy atom. The van der Waals surface area contributed by atoms with Gasteiger partial charge in [0.2, 0.25) is 0 Å². The van der Waals surface area contributed by atoms with Crippen molar-refractivity contribution >= 4 is 40.6 Å². The first-order valence-corrected chi connectivity index (χ1v) is 6.85. The normalized spacial score (nSPS) is 17.9. The summed E-state index contributed by atoms with van der Waals surface area (Å²) in [6, 6.07) is 4.13. The number of nitro groups is 1. The number of carboxylic acids is 1. The van der Waals surface area contributed by atoms with Gasteiger partial charge in [-0.05, 0) is 30.3 Å². The molecule has 1 aromatic rings. The number of hydrogen-bond donors (Lipinski definition) is 0. The van der Waals surface area contributed by atoms with E-state index in [1.165, 1.54) is 37.3 Å². The Balaban J connectivity index is 2.32. The summed E-state index contributed by atoms with van der Waals surface area (Å²) in [7, 11) is 0. The Kier molecular flexibility index (Phi) is 4.27. The number of nitro benzene ring substituents is 1. The van der Waals surface area contributed by atoms with E-state index in [1.54, 1.807) is 0 Å². The van der Waals surface area contributed by atoms with Crippen molar-refractivity contribution in [2.45, 2.75) is 13.0 Å². The third-order valence-electron chi connectivity index (χ3n) is 2.93. The molecule has 1 atom stereocenters. The molecule has 0 N–H and O–H groups in total. The first-order valence-electron chi connectivity index (χ1n) is 6.03. The lowest BCUT2D eigenvalue weighted by atomic mass is 10.2. The molecule has 0 saturated carbocycles. The molecule has 1 aliphatic rings. The summed E-state index contributed by atoms with van der Waals surface area (Å²) in [6.45, 7) is 1.17. The molecule has 0 bridgehead atoms. The summed E-state index contributed by atoms with van der Waals surface area (Å²) in [5, 5.41) is 20.8. The number of amides is 2. The van der Waals surface area contributed by atoms with Crippen LogP contribution in [-0.4, -0.2) is 33.0 Å². The Hall–Kier alpha value is -2.68. The zero-order chi connectivity index (χ0) is 16.4. The molecule has 0 unspecified atom stereocenters. The van der Waals surface area contributed by atoms with Crippen LogP contribution in [0.1, 0.15) is 12.5 Å². The standard InChI is InChI=1S/C13H10N2O6S/c1-7(12(17)18)14-11(16)10(22-13(14)19)6-8-3-2-4-9(5-8)15(20)21/h2-7H,1H3,(H,17,18)/p-1/b10-6-/t7-/m1/s1. The fraction of sp³-hybridized carbons (Fsp3) is 0.154. The minimum atomic E-state index is -1.54. The fourth-order valence-corrected chi connectivity index (χ4v) is 2.71. The van der Waals surface area contributed by atoms with E-state index in [2.05, 4.69) is 0 Å². The minimum Gasteiger partial charge on any atom is -0.548 e. The molecule has 2 rings (SSSR count). The third kappa shape index (κ3) is 2.98. The third-order valence-corrected chi connectivity index (χ3v) is 3.81. The molecule has 0 aromatic heterocycles. The summed E-state index contributed by atoms with van der Waals surface area (Å²) in [6.07, 6.45) is 1.31. The molecule has 1 fully saturated rings. The summed E-state index contributed by atoms with van der Waals surface area (Å²) >= 11 is 0.574. The van der Waals surface area contributed by atoms with Crippen LogP contribution >= 0.6 is 11.8 Å². The molecule has 1 aliphatic heterocycles. The van der Waals surface area contributed by atoms with Crippen LogP contribution in [0.25, 0.3) is 6.08 Å². The van der Waals surface area contributed by atoms with Crippen molar-refractivity contribution in [3.8, 4) is 0 Å². The molecular weight excluding hydrogens is 312 g/mol. The molecular formula is C13H9N2O6S-. The van der Waals surface area contributed by atoms with Gasteiger partial charge in [0.15, 0.2) is 0 Å². The average molecular weight is 321 g/mol. The molecule has 22 heavy (non-hydrogen) atoms. The molecule has 0 spiro atoms. The first kappa shape index (κ1) is 15.7. The lowest BCUT2D eigenvalue weighted by Gasteiger charge is -2.21. The zero-order valence-corrected chi connectivity index (χ0v) is 12.0. The van der Waals surface area contributed by atoms with Gasteiger partial charge in [-0.2, -0.15) is 0 Å². The Morgan fingerprint density at radius 1 is 1.41 bits per heavy atom. The Morgan fingerprint density at radius 3 is 2.68 bits per heavy atom. The summed E-state index contributed by atoms with van der Waals surface area (Å²) in [4.78, 5) is 45.3. The van der Waals surface area contributed by atoms with Crippen molar-refractivity contribution in [3.05, 3.63) is 44.8 Å². The Bertz CT molecular complexity index is 714. The number of rotatable bonds is 4. The lowest BCUT2D eigenvalue weighted by Crippen LogP contribution is -2.48. The average Bonchev–Trinajstić information content (AvgIpc) is 2.73. The lowest BCUT2D eigenvalue weighted by molar-refractivity contribution is -0.384. The van der Waals surface area contributed by atoms with E-state index in [-0.39, 0.29) is 10.6 Å². The van der Waals surface area contributed by atoms with Crippen LogP contribution < -0.4 is 5.11 Å². The van der Waals surface area contributed by atoms with Gasteiger partial charge >= 0.3 is 0 Å². The van der Waals surface area contributed by atoms with Gasteiger partial charge in [0.1, 0.15) is 0 Å². The molecule has 0 aliphatic carbocycles. The smallest absolute Gasteiger partial charge is 0.294 e. The van der Waals surface area contributed by atoms with Crippen LogP contribution in [0.2, 0.25) is 0 Å². The molecule has 0 radical (unpaired) electrons. The largest absolute Gasteiger partial charge is 0.548 e. The maximum absolute atomic E-state index is 12.1. The van der Waals surface area contributed by atoms with Gasteiger partial charge in [-0.3, -0.25) is 24.6 Å². The van der Waals surface area contributed by atoms with E-state index < -0.39 is 28.1 Å². The van der Waals surface area contributed by atoms with Crippen molar-refractivity contribution < 1.29 is 24.4 Å². The van der Waals surface area contributed by atoms with Crippen LogP contribution in [0, 0.1) is 10.1 Å². The number of non-ortho nitro benzene ring substituents is 1. The van der Waals surface area contributed by atoms with Crippen LogP contribution in [0.4, 0.5) is 10.5 Å². The quantitative estimate of drug-likeness (QED) is 0.456. The molecule has 1 saturated heterocycles. The SMILES string of the molecule is C[C@H](C(=O)[O-])N1C(=O)S/C(=C\c2cccc([N+](=O)[O-])c2)C1=O. The number of hydrogen-bond acceptors (Lipinski definition) is 7. The van der Waals surface area contributed by atoms with Crippen molar-refractivity contribution in [2.75, 3.05) is 0 Å². The van der Waals surface area contributed by atoms with Gasteiger partial charge in [-0.25, -0.2) is 0 Å². The van der Waals surface area contributed by atoms with Crippen molar-refractivity contribution in [1.29, 1.82) is 0 Å². The second-order valence-electron chi connectivity index (χ2n) is 4.40. The van der Waals surface area contributed by atoms with Crippen LogP contribution in [0.5, 0.6) is 0 Å². The predicted molar refractivity (Wildman–Crippen MR) is 75.4 cm³/mol. The highest BCUT2D eigenvalue weighted by Gasteiger charge is 2.38. The molecule has 1 heterocycles. The molecule has 8 nitrogen and oxygen atoms in total. The van der Waals surface area contributed by atoms with Gasteiger partial charge in [0.25, 0.3) is 16.8 Å². The number of thioether (sulfide) groups is 1. The summed E-state index contributed by atoms with van der Waals surface area (Å²) in [5.41, 5.74) is 0.205. The number of carbonyl (C=O) groups excluding carboxylic acids is 3. The van der Waals surface area contributed by atoms with E-state index >= 15 is 0 Å². The number of aliphatic carboxylic acids is 1. The van der Waals surface area contributed by atoms with E-state index in [4.69, 9.17) is 0 Å². The Labute approximate surface area is 128 Å². The van der Waals surface area contributed by atoms with Crippen LogP contribution in [-0.2, 0) is 9.59 Å². The van der Waals surface area contributed by atoms with Gasteiger partial charge in [0.05, 0.1) is 21.8 Å². The van der Waals surface area contributed by atoms with Gasteiger partial charge in [0, 0.05) is 12.1 Å². The van der Waals surface area contributed by atoms with Gasteiger partial charge in [-0.1, -0.05) is 12.1 Å². The summed E-state index contributed by atoms with van der Waals surface area (Å²) < 4.78 is 0. The highest BCUT2D eigenvalue weighted by molar-refractivity contribution is 8.18. The predicted octanol–water partition coefficient (Wildman–Crippen LogP) is 0.769. The monoisotopic (exact) mass is 321 g/mol. The minimum absolute atomic E-state index is 0.00130. The molecule has 9 heteroatoms. The summed E-state index contributed by atoms with van der Waals surface area (Å²) in [5.74, 6) is -2.31. The first-order chi connectivity index (χ1) is 10.3. The number of benzene rings is 1. The van der Waals surface area contributed by atoms with E-state index in [0.717, 1.165) is 0 Å². The number of nitrogens with zero attached hydrogens (tertiary/aromatic N) is 2. The second-order valence-corrected chi connectivity index (χ2v) is 5.39. The van der Waals surface area contributed by atoms with Gasteiger partial charge in [-0.15, -0.1) is 0 Å². The number of carboxylic acid groups (broad SMARTS) is 1. The fourth-order valence-electron chi connectivity index (χ4n) is 1.80. The highest BCUT2D eigenvalue weighted by Crippen LogP contribution is 2.33. The maximum Gasteiger partial charge on any atom is 0.294 e.